The second-order valence-electron chi connectivity index (χ2n) is 7.51. The van der Waals surface area contributed by atoms with Gasteiger partial charge in [0.25, 0.3) is 17.7 Å². The van der Waals surface area contributed by atoms with Crippen molar-refractivity contribution in [2.75, 3.05) is 10.2 Å². The largest absolute Gasteiger partial charge is 0.319 e. The molecular weight excluding hydrogens is 423 g/mol. The van der Waals surface area contributed by atoms with Crippen molar-refractivity contribution in [1.82, 2.24) is 9.78 Å². The third kappa shape index (κ3) is 3.78. The number of aromatic nitrogens is 2. The van der Waals surface area contributed by atoms with E-state index in [4.69, 9.17) is 0 Å². The number of carbonyl (C=O) groups excluding carboxylic acids is 3. The summed E-state index contributed by atoms with van der Waals surface area (Å²) in [4.78, 5) is 39.3. The molecule has 5 rings (SSSR count). The molecule has 0 saturated heterocycles. The Kier molecular flexibility index (Phi) is 5.02. The van der Waals surface area contributed by atoms with Crippen LogP contribution in [0, 0.1) is 5.82 Å². The summed E-state index contributed by atoms with van der Waals surface area (Å²) >= 11 is 0. The van der Waals surface area contributed by atoms with E-state index in [0.717, 1.165) is 4.90 Å². The van der Waals surface area contributed by atoms with Gasteiger partial charge in [0.15, 0.2) is 0 Å². The average Bonchev–Trinajstić information content (AvgIpc) is 3.37. The Labute approximate surface area is 188 Å². The first-order valence-electron chi connectivity index (χ1n) is 10.2. The predicted molar refractivity (Wildman–Crippen MR) is 120 cm³/mol. The van der Waals surface area contributed by atoms with Crippen LogP contribution < -0.4 is 10.2 Å². The molecule has 8 heteroatoms. The van der Waals surface area contributed by atoms with Crippen LogP contribution in [0.1, 0.15) is 36.6 Å². The molecule has 7 nitrogen and oxygen atoms in total. The van der Waals surface area contributed by atoms with E-state index in [1.54, 1.807) is 66.9 Å². The number of carbonyl (C=O) groups is 3. The maximum Gasteiger partial charge on any atom is 0.266 e. The summed E-state index contributed by atoms with van der Waals surface area (Å²) < 4.78 is 15.4. The highest BCUT2D eigenvalue weighted by Gasteiger charge is 2.36. The van der Waals surface area contributed by atoms with Gasteiger partial charge >= 0.3 is 0 Å². The summed E-state index contributed by atoms with van der Waals surface area (Å²) in [6.07, 6.45) is 3.06. The molecule has 33 heavy (non-hydrogen) atoms. The Morgan fingerprint density at radius 3 is 2.33 bits per heavy atom. The van der Waals surface area contributed by atoms with Crippen molar-refractivity contribution in [1.29, 1.82) is 0 Å². The van der Waals surface area contributed by atoms with Crippen molar-refractivity contribution in [3.63, 3.8) is 0 Å². The van der Waals surface area contributed by atoms with Crippen molar-refractivity contribution < 1.29 is 18.8 Å². The van der Waals surface area contributed by atoms with Crippen LogP contribution >= 0.6 is 0 Å². The van der Waals surface area contributed by atoms with Gasteiger partial charge in [0.1, 0.15) is 5.82 Å². The number of rotatable bonds is 5. The van der Waals surface area contributed by atoms with Crippen molar-refractivity contribution in [3.8, 4) is 0 Å². The summed E-state index contributed by atoms with van der Waals surface area (Å²) in [5.41, 5.74) is 2.16. The summed E-state index contributed by atoms with van der Waals surface area (Å²) in [5.74, 6) is -1.62. The number of nitrogens with one attached hydrogen (secondary N) is 1. The van der Waals surface area contributed by atoms with E-state index in [9.17, 15) is 18.8 Å². The zero-order valence-electron chi connectivity index (χ0n) is 17.2. The lowest BCUT2D eigenvalue weighted by Gasteiger charge is -2.15. The minimum atomic E-state index is -0.432. The third-order valence-electron chi connectivity index (χ3n) is 5.34. The number of anilines is 2. The molecule has 0 atom stereocenters. The molecule has 1 aliphatic rings. The first-order valence-corrected chi connectivity index (χ1v) is 10.2. The third-order valence-corrected chi connectivity index (χ3v) is 5.34. The summed E-state index contributed by atoms with van der Waals surface area (Å²) in [6.45, 7) is 0.220. The highest BCUT2D eigenvalue weighted by molar-refractivity contribution is 6.34. The lowest BCUT2D eigenvalue weighted by molar-refractivity contribution is 0.0924. The maximum atomic E-state index is 13.9. The van der Waals surface area contributed by atoms with E-state index in [0.29, 0.717) is 28.1 Å². The second kappa shape index (κ2) is 8.16. The van der Waals surface area contributed by atoms with Gasteiger partial charge in [0.2, 0.25) is 0 Å². The van der Waals surface area contributed by atoms with Gasteiger partial charge in [-0.3, -0.25) is 19.1 Å². The SMILES string of the molecule is O=C(Nc1cnn(Cc2ccccc2F)c1)c1cccc(N2C(=O)c3ccccc3C2=O)c1. The van der Waals surface area contributed by atoms with Crippen LogP contribution in [0.3, 0.4) is 0 Å². The summed E-state index contributed by atoms with van der Waals surface area (Å²) in [6, 6.07) is 19.3. The number of hydrogen-bond donors (Lipinski definition) is 1. The maximum absolute atomic E-state index is 13.9. The Morgan fingerprint density at radius 2 is 1.61 bits per heavy atom. The molecule has 1 aliphatic heterocycles. The topological polar surface area (TPSA) is 84.3 Å². The average molecular weight is 440 g/mol. The molecular formula is C25H17FN4O3. The number of imide groups is 1. The Balaban J connectivity index is 1.33. The molecule has 0 unspecified atom stereocenters. The van der Waals surface area contributed by atoms with Gasteiger partial charge in [-0.2, -0.15) is 5.10 Å². The number of fused-ring (bicyclic) bond motifs is 1. The molecule has 0 radical (unpaired) electrons. The highest BCUT2D eigenvalue weighted by atomic mass is 19.1. The van der Waals surface area contributed by atoms with Crippen LogP contribution in [0.15, 0.2) is 85.2 Å². The zero-order chi connectivity index (χ0) is 22.9. The van der Waals surface area contributed by atoms with Gasteiger partial charge in [0.05, 0.1) is 35.2 Å². The van der Waals surface area contributed by atoms with Crippen LogP contribution in [0.4, 0.5) is 15.8 Å². The number of halogens is 1. The molecule has 4 aromatic rings. The fraction of sp³-hybridized carbons (Fsp3) is 0.0400. The van der Waals surface area contributed by atoms with Crippen molar-refractivity contribution in [3.05, 3.63) is 113 Å². The molecule has 1 aromatic heterocycles. The van der Waals surface area contributed by atoms with Crippen LogP contribution in [-0.4, -0.2) is 27.5 Å². The van der Waals surface area contributed by atoms with Gasteiger partial charge in [-0.05, 0) is 36.4 Å². The highest BCUT2D eigenvalue weighted by Crippen LogP contribution is 2.29. The summed E-state index contributed by atoms with van der Waals surface area (Å²) in [5, 5.41) is 6.89. The van der Waals surface area contributed by atoms with Gasteiger partial charge < -0.3 is 5.32 Å². The molecule has 3 aromatic carbocycles. The summed E-state index contributed by atoms with van der Waals surface area (Å²) in [7, 11) is 0. The van der Waals surface area contributed by atoms with Gasteiger partial charge in [0, 0.05) is 17.3 Å². The number of hydrogen-bond acceptors (Lipinski definition) is 4. The molecule has 1 N–H and O–H groups in total. The lowest BCUT2D eigenvalue weighted by atomic mass is 10.1. The van der Waals surface area contributed by atoms with E-state index in [1.165, 1.54) is 23.0 Å². The monoisotopic (exact) mass is 440 g/mol. The van der Waals surface area contributed by atoms with E-state index >= 15 is 0 Å². The number of benzene rings is 3. The van der Waals surface area contributed by atoms with Crippen LogP contribution in [0.25, 0.3) is 0 Å². The Hall–Kier alpha value is -4.59. The molecule has 0 fully saturated rings. The number of amides is 3. The fourth-order valence-electron chi connectivity index (χ4n) is 3.73. The molecule has 0 bridgehead atoms. The minimum absolute atomic E-state index is 0.220. The lowest BCUT2D eigenvalue weighted by Crippen LogP contribution is -2.29. The first kappa shape index (κ1) is 20.3. The zero-order valence-corrected chi connectivity index (χ0v) is 17.2. The van der Waals surface area contributed by atoms with Gasteiger partial charge in [-0.15, -0.1) is 0 Å². The van der Waals surface area contributed by atoms with Crippen LogP contribution in [0.2, 0.25) is 0 Å². The molecule has 2 heterocycles. The number of nitrogens with zero attached hydrogens (tertiary/aromatic N) is 3. The smallest absolute Gasteiger partial charge is 0.266 e. The predicted octanol–water partition coefficient (Wildman–Crippen LogP) is 4.12. The standard InChI is InChI=1S/C25H17FN4O3/c26-22-11-4-1-6-17(22)14-29-15-18(13-27-29)28-23(31)16-7-5-8-19(12-16)30-24(32)20-9-2-3-10-21(20)25(30)33/h1-13,15H,14H2,(H,28,31). The van der Waals surface area contributed by atoms with Crippen molar-refractivity contribution in [2.24, 2.45) is 0 Å². The first-order chi connectivity index (χ1) is 16.0. The Morgan fingerprint density at radius 1 is 0.909 bits per heavy atom. The van der Waals surface area contributed by atoms with Crippen molar-refractivity contribution in [2.45, 2.75) is 6.54 Å². The molecule has 0 saturated carbocycles. The van der Waals surface area contributed by atoms with E-state index < -0.39 is 17.7 Å². The van der Waals surface area contributed by atoms with Crippen LogP contribution in [0.5, 0.6) is 0 Å². The van der Waals surface area contributed by atoms with Crippen molar-refractivity contribution >= 4 is 29.1 Å². The van der Waals surface area contributed by atoms with E-state index in [2.05, 4.69) is 10.4 Å². The second-order valence-corrected chi connectivity index (χ2v) is 7.51. The van der Waals surface area contributed by atoms with Crippen LogP contribution in [-0.2, 0) is 6.54 Å². The fourth-order valence-corrected chi connectivity index (χ4v) is 3.73. The Bertz CT molecular complexity index is 1380. The molecule has 162 valence electrons. The van der Waals surface area contributed by atoms with E-state index in [-0.39, 0.29) is 17.9 Å². The molecule has 0 spiro atoms. The van der Waals surface area contributed by atoms with Gasteiger partial charge in [-0.25, -0.2) is 9.29 Å². The quantitative estimate of drug-likeness (QED) is 0.473. The minimum Gasteiger partial charge on any atom is -0.319 e. The van der Waals surface area contributed by atoms with E-state index in [1.807, 2.05) is 0 Å². The van der Waals surface area contributed by atoms with Gasteiger partial charge in [-0.1, -0.05) is 36.4 Å². The normalized spacial score (nSPS) is 12.7. The molecule has 0 aliphatic carbocycles. The molecule has 3 amide bonds.